The monoisotopic (exact) mass is 335 g/mol. The van der Waals surface area contributed by atoms with Crippen molar-refractivity contribution in [3.63, 3.8) is 0 Å². The van der Waals surface area contributed by atoms with Gasteiger partial charge in [-0.1, -0.05) is 30.3 Å². The molecule has 1 saturated carbocycles. The highest BCUT2D eigenvalue weighted by atomic mass is 16.2. The van der Waals surface area contributed by atoms with Gasteiger partial charge in [0.15, 0.2) is 0 Å². The Balaban J connectivity index is 1.66. The first kappa shape index (κ1) is 14.7. The van der Waals surface area contributed by atoms with Gasteiger partial charge in [0, 0.05) is 7.05 Å². The van der Waals surface area contributed by atoms with Gasteiger partial charge in [-0.25, -0.2) is 9.67 Å². The summed E-state index contributed by atoms with van der Waals surface area (Å²) in [5.74, 6) is 1.72. The summed E-state index contributed by atoms with van der Waals surface area (Å²) in [7, 11) is 1.83. The number of aliphatic imine (C=N–C) groups is 1. The molecule has 3 aliphatic rings. The van der Waals surface area contributed by atoms with E-state index in [0.717, 1.165) is 35.9 Å². The van der Waals surface area contributed by atoms with Gasteiger partial charge >= 0.3 is 0 Å². The first-order valence-corrected chi connectivity index (χ1v) is 8.91. The Morgan fingerprint density at radius 2 is 2.00 bits per heavy atom. The lowest BCUT2D eigenvalue weighted by atomic mass is 10.1. The Hall–Kier alpha value is -2.63. The number of rotatable bonds is 2. The van der Waals surface area contributed by atoms with E-state index < -0.39 is 0 Å². The molecule has 5 rings (SSSR count). The van der Waals surface area contributed by atoms with E-state index in [-0.39, 0.29) is 5.91 Å². The average Bonchev–Trinajstić information content (AvgIpc) is 3.27. The third-order valence-corrected chi connectivity index (χ3v) is 5.59. The number of hydrogen-bond donors (Lipinski definition) is 0. The first-order chi connectivity index (χ1) is 12.1. The zero-order valence-electron chi connectivity index (χ0n) is 14.5. The van der Waals surface area contributed by atoms with E-state index in [0.29, 0.717) is 18.6 Å². The molecule has 0 bridgehead atoms. The van der Waals surface area contributed by atoms with Crippen LogP contribution in [0.5, 0.6) is 0 Å². The minimum Gasteiger partial charge on any atom is -0.291 e. The van der Waals surface area contributed by atoms with E-state index in [1.54, 1.807) is 4.90 Å². The van der Waals surface area contributed by atoms with Crippen molar-refractivity contribution in [1.82, 2.24) is 14.7 Å². The number of amides is 1. The van der Waals surface area contributed by atoms with Crippen LogP contribution in [0.15, 0.2) is 35.3 Å². The minimum absolute atomic E-state index is 0.00165. The second-order valence-corrected chi connectivity index (χ2v) is 7.16. The Morgan fingerprint density at radius 1 is 1.20 bits per heavy atom. The van der Waals surface area contributed by atoms with Crippen molar-refractivity contribution in [2.24, 2.45) is 4.99 Å². The molecule has 1 aliphatic carbocycles. The van der Waals surface area contributed by atoms with Gasteiger partial charge in [0.05, 0.1) is 24.3 Å². The molecule has 0 unspecified atom stereocenters. The SMILES string of the molecule is Cc1nn(Cc2ccccc2)c2c1C(=O)N(C)C1=N[C@@H]3CCC[C@@H]3N12. The number of carbonyl (C=O) groups is 1. The molecule has 3 heterocycles. The molecule has 25 heavy (non-hydrogen) atoms. The standard InChI is InChI=1S/C19H21N5O/c1-12-16-17(23(21-12)11-13-7-4-3-5-8-13)24-15-10-6-9-14(15)20-19(24)22(2)18(16)25/h3-5,7-8,14-15H,6,9-11H2,1-2H3/t14-,15+/m1/s1. The fourth-order valence-corrected chi connectivity index (χ4v) is 4.42. The van der Waals surface area contributed by atoms with Crippen LogP contribution in [-0.2, 0) is 6.54 Å². The van der Waals surface area contributed by atoms with Crippen LogP contribution < -0.4 is 4.90 Å². The second-order valence-electron chi connectivity index (χ2n) is 7.16. The summed E-state index contributed by atoms with van der Waals surface area (Å²) in [6.45, 7) is 2.59. The van der Waals surface area contributed by atoms with Gasteiger partial charge in [0.2, 0.25) is 5.96 Å². The fourth-order valence-electron chi connectivity index (χ4n) is 4.42. The van der Waals surface area contributed by atoms with Crippen LogP contribution in [0.2, 0.25) is 0 Å². The summed E-state index contributed by atoms with van der Waals surface area (Å²) < 4.78 is 1.99. The molecule has 1 fully saturated rings. The smallest absolute Gasteiger partial charge is 0.266 e. The molecule has 1 aromatic carbocycles. The molecule has 0 radical (unpaired) electrons. The summed E-state index contributed by atoms with van der Waals surface area (Å²) in [6, 6.07) is 10.9. The van der Waals surface area contributed by atoms with E-state index in [1.807, 2.05) is 36.9 Å². The minimum atomic E-state index is 0.00165. The van der Waals surface area contributed by atoms with Gasteiger partial charge in [-0.05, 0) is 31.7 Å². The third-order valence-electron chi connectivity index (χ3n) is 5.59. The fraction of sp³-hybridized carbons (Fsp3) is 0.421. The number of hydrogen-bond acceptors (Lipinski definition) is 4. The highest BCUT2D eigenvalue weighted by Crippen LogP contribution is 2.41. The first-order valence-electron chi connectivity index (χ1n) is 8.91. The maximum absolute atomic E-state index is 12.9. The van der Waals surface area contributed by atoms with E-state index in [4.69, 9.17) is 10.1 Å². The number of guanidine groups is 1. The number of benzene rings is 1. The van der Waals surface area contributed by atoms with Gasteiger partial charge in [-0.15, -0.1) is 0 Å². The molecule has 2 aliphatic heterocycles. The Bertz CT molecular complexity index is 885. The van der Waals surface area contributed by atoms with E-state index in [1.165, 1.54) is 12.0 Å². The van der Waals surface area contributed by atoms with Crippen LogP contribution in [0.3, 0.4) is 0 Å². The molecule has 0 spiro atoms. The van der Waals surface area contributed by atoms with Crippen LogP contribution in [0.4, 0.5) is 5.82 Å². The van der Waals surface area contributed by atoms with Crippen LogP contribution >= 0.6 is 0 Å². The van der Waals surface area contributed by atoms with Crippen molar-refractivity contribution in [2.45, 2.75) is 44.8 Å². The number of anilines is 1. The molecule has 128 valence electrons. The van der Waals surface area contributed by atoms with Crippen molar-refractivity contribution >= 4 is 17.7 Å². The van der Waals surface area contributed by atoms with Gasteiger partial charge in [0.25, 0.3) is 5.91 Å². The van der Waals surface area contributed by atoms with Gasteiger partial charge in [0.1, 0.15) is 11.4 Å². The van der Waals surface area contributed by atoms with Crippen molar-refractivity contribution < 1.29 is 4.79 Å². The Kier molecular flexibility index (Phi) is 3.04. The Labute approximate surface area is 146 Å². The van der Waals surface area contributed by atoms with Crippen molar-refractivity contribution in [3.8, 4) is 0 Å². The average molecular weight is 335 g/mol. The van der Waals surface area contributed by atoms with E-state index >= 15 is 0 Å². The predicted octanol–water partition coefficient (Wildman–Crippen LogP) is 2.42. The lowest BCUT2D eigenvalue weighted by Crippen LogP contribution is -2.52. The number of nitrogens with zero attached hydrogens (tertiary/aromatic N) is 5. The van der Waals surface area contributed by atoms with Crippen LogP contribution in [0.1, 0.15) is 40.9 Å². The van der Waals surface area contributed by atoms with Gasteiger partial charge < -0.3 is 0 Å². The van der Waals surface area contributed by atoms with Crippen molar-refractivity contribution in [3.05, 3.63) is 47.2 Å². The summed E-state index contributed by atoms with van der Waals surface area (Å²) in [6.07, 6.45) is 3.42. The van der Waals surface area contributed by atoms with Crippen LogP contribution in [0.25, 0.3) is 0 Å². The summed E-state index contributed by atoms with van der Waals surface area (Å²) in [5, 5.41) is 4.72. The molecule has 2 aromatic rings. The van der Waals surface area contributed by atoms with Gasteiger partial charge in [-0.2, -0.15) is 5.10 Å². The summed E-state index contributed by atoms with van der Waals surface area (Å²) in [4.78, 5) is 21.8. The lowest BCUT2D eigenvalue weighted by molar-refractivity contribution is 0.0864. The number of aromatic nitrogens is 2. The molecule has 0 N–H and O–H groups in total. The molecule has 2 atom stereocenters. The van der Waals surface area contributed by atoms with E-state index in [2.05, 4.69) is 17.0 Å². The number of carbonyl (C=O) groups excluding carboxylic acids is 1. The highest BCUT2D eigenvalue weighted by molar-refractivity contribution is 6.19. The largest absolute Gasteiger partial charge is 0.291 e. The predicted molar refractivity (Wildman–Crippen MR) is 95.9 cm³/mol. The van der Waals surface area contributed by atoms with Crippen LogP contribution in [-0.4, -0.2) is 45.7 Å². The molecular formula is C19H21N5O. The van der Waals surface area contributed by atoms with Crippen LogP contribution in [0, 0.1) is 6.92 Å². The topological polar surface area (TPSA) is 53.7 Å². The lowest BCUT2D eigenvalue weighted by Gasteiger charge is -2.35. The molecule has 6 nitrogen and oxygen atoms in total. The number of fused-ring (bicyclic) bond motifs is 5. The maximum atomic E-state index is 12.9. The summed E-state index contributed by atoms with van der Waals surface area (Å²) in [5.41, 5.74) is 2.70. The molecular weight excluding hydrogens is 314 g/mol. The normalized spacial score (nSPS) is 24.2. The molecule has 1 amide bonds. The highest BCUT2D eigenvalue weighted by Gasteiger charge is 2.48. The third kappa shape index (κ3) is 2.00. The zero-order chi connectivity index (χ0) is 17.1. The molecule has 6 heteroatoms. The van der Waals surface area contributed by atoms with Gasteiger partial charge in [-0.3, -0.25) is 14.6 Å². The van der Waals surface area contributed by atoms with Crippen molar-refractivity contribution in [1.29, 1.82) is 0 Å². The Morgan fingerprint density at radius 3 is 2.80 bits per heavy atom. The zero-order valence-corrected chi connectivity index (χ0v) is 14.5. The van der Waals surface area contributed by atoms with E-state index in [9.17, 15) is 4.79 Å². The molecule has 0 saturated heterocycles. The quantitative estimate of drug-likeness (QED) is 0.847. The second kappa shape index (κ2) is 5.18. The molecule has 1 aromatic heterocycles. The van der Waals surface area contributed by atoms with Crippen molar-refractivity contribution in [2.75, 3.05) is 11.9 Å². The maximum Gasteiger partial charge on any atom is 0.266 e. The number of aryl methyl sites for hydroxylation is 1. The summed E-state index contributed by atoms with van der Waals surface area (Å²) >= 11 is 0.